The number of fused-ring (bicyclic) bond motifs is 1. The molecule has 0 amide bonds. The van der Waals surface area contributed by atoms with Gasteiger partial charge in [-0.2, -0.15) is 0 Å². The van der Waals surface area contributed by atoms with Gasteiger partial charge in [0.2, 0.25) is 0 Å². The highest BCUT2D eigenvalue weighted by molar-refractivity contribution is 6.32. The Hall–Kier alpha value is -3.25. The van der Waals surface area contributed by atoms with E-state index < -0.39 is 29.1 Å². The monoisotopic (exact) mass is 528 g/mol. The van der Waals surface area contributed by atoms with E-state index in [9.17, 15) is 23.8 Å². The Bertz CT molecular complexity index is 1360. The van der Waals surface area contributed by atoms with Crippen molar-refractivity contribution >= 4 is 28.5 Å². The normalized spacial score (nSPS) is 16.1. The van der Waals surface area contributed by atoms with Crippen LogP contribution in [0.4, 0.5) is 8.78 Å². The number of nitrogens with zero attached hydrogens (tertiary/aromatic N) is 2. The molecule has 2 N–H and O–H groups in total. The molecule has 1 aliphatic rings. The first kappa shape index (κ1) is 26.8. The lowest BCUT2D eigenvalue weighted by Gasteiger charge is -2.38. The lowest BCUT2D eigenvalue weighted by molar-refractivity contribution is -0.153. The number of hydrogen-bond donors (Lipinski definition) is 2. The molecule has 0 bridgehead atoms. The summed E-state index contributed by atoms with van der Waals surface area (Å²) in [6, 6.07) is 8.55. The number of rotatable bonds is 7. The summed E-state index contributed by atoms with van der Waals surface area (Å²) in [6.45, 7) is 1.34. The van der Waals surface area contributed by atoms with Crippen molar-refractivity contribution in [1.29, 1.82) is 0 Å². The van der Waals surface area contributed by atoms with Gasteiger partial charge in [-0.1, -0.05) is 23.4 Å². The van der Waals surface area contributed by atoms with Gasteiger partial charge in [-0.3, -0.25) is 14.7 Å². The molecule has 0 spiro atoms. The van der Waals surface area contributed by atoms with E-state index in [1.165, 1.54) is 12.3 Å². The van der Waals surface area contributed by atoms with E-state index in [4.69, 9.17) is 16.3 Å². The highest BCUT2D eigenvalue weighted by Crippen LogP contribution is 2.41. The quantitative estimate of drug-likeness (QED) is 0.410. The number of aliphatic hydroxyl groups is 1. The van der Waals surface area contributed by atoms with E-state index in [0.29, 0.717) is 59.7 Å². The number of carbonyl (C=O) groups is 1. The Morgan fingerprint density at radius 2 is 2.00 bits per heavy atom. The zero-order valence-electron chi connectivity index (χ0n) is 20.3. The predicted molar refractivity (Wildman–Crippen MR) is 136 cm³/mol. The molecule has 0 unspecified atom stereocenters. The minimum atomic E-state index is -0.985. The molecule has 1 aromatic heterocycles. The topological polar surface area (TPSA) is 82.9 Å². The first-order valence-corrected chi connectivity index (χ1v) is 12.3. The maximum Gasteiger partial charge on any atom is 0.309 e. The average molecular weight is 529 g/mol. The standard InChI is InChI=1S/C28H27ClF2N2O4/c1-37-20-6-7-24-21(16-20)26(22(29)17-32-24)25(34)8-9-28(27(35)36)10-13-33(14-11-28)12-2-3-18-4-5-19(30)15-23(18)31/h4-7,15-17,25,34H,8-14H2,1H3,(H,35,36)/t25-/m1/s1. The fourth-order valence-electron chi connectivity index (χ4n) is 4.74. The highest BCUT2D eigenvalue weighted by atomic mass is 35.5. The van der Waals surface area contributed by atoms with Crippen LogP contribution in [0.3, 0.4) is 0 Å². The van der Waals surface area contributed by atoms with E-state index in [2.05, 4.69) is 16.8 Å². The molecular formula is C28H27ClF2N2O4. The third-order valence-corrected chi connectivity index (χ3v) is 7.32. The van der Waals surface area contributed by atoms with Crippen LogP contribution in [-0.2, 0) is 4.79 Å². The van der Waals surface area contributed by atoms with Gasteiger partial charge in [0.15, 0.2) is 0 Å². The maximum absolute atomic E-state index is 13.8. The highest BCUT2D eigenvalue weighted by Gasteiger charge is 2.41. The van der Waals surface area contributed by atoms with Crippen molar-refractivity contribution in [2.24, 2.45) is 5.41 Å². The van der Waals surface area contributed by atoms with E-state index in [1.54, 1.807) is 25.3 Å². The number of carboxylic acid groups (broad SMARTS) is 1. The molecule has 3 aromatic rings. The van der Waals surface area contributed by atoms with E-state index in [1.807, 2.05) is 4.90 Å². The summed E-state index contributed by atoms with van der Waals surface area (Å²) in [5, 5.41) is 22.1. The smallest absolute Gasteiger partial charge is 0.309 e. The van der Waals surface area contributed by atoms with Crippen molar-refractivity contribution in [3.63, 3.8) is 0 Å². The summed E-state index contributed by atoms with van der Waals surface area (Å²) in [5.41, 5.74) is 0.294. The number of benzene rings is 2. The predicted octanol–water partition coefficient (Wildman–Crippen LogP) is 5.21. The molecule has 1 aliphatic heterocycles. The van der Waals surface area contributed by atoms with Gasteiger partial charge in [-0.05, 0) is 56.0 Å². The second kappa shape index (κ2) is 11.4. The second-order valence-corrected chi connectivity index (χ2v) is 9.65. The number of aliphatic hydroxyl groups excluding tert-OH is 1. The summed E-state index contributed by atoms with van der Waals surface area (Å²) in [5.74, 6) is 3.93. The summed E-state index contributed by atoms with van der Waals surface area (Å²) in [4.78, 5) is 18.6. The molecule has 37 heavy (non-hydrogen) atoms. The molecule has 2 heterocycles. The van der Waals surface area contributed by atoms with Crippen LogP contribution in [-0.4, -0.2) is 52.8 Å². The first-order valence-electron chi connectivity index (χ1n) is 11.9. The first-order chi connectivity index (χ1) is 17.7. The van der Waals surface area contributed by atoms with E-state index >= 15 is 0 Å². The molecule has 1 fully saturated rings. The molecule has 0 saturated carbocycles. The average Bonchev–Trinajstić information content (AvgIpc) is 2.88. The molecule has 194 valence electrons. The largest absolute Gasteiger partial charge is 0.497 e. The number of aromatic nitrogens is 1. The van der Waals surface area contributed by atoms with Gasteiger partial charge in [0.25, 0.3) is 0 Å². The second-order valence-electron chi connectivity index (χ2n) is 9.24. The molecule has 4 rings (SSSR count). The van der Waals surface area contributed by atoms with Crippen molar-refractivity contribution in [1.82, 2.24) is 9.88 Å². The molecular weight excluding hydrogens is 502 g/mol. The summed E-state index contributed by atoms with van der Waals surface area (Å²) in [6.07, 6.45) is 1.77. The molecule has 9 heteroatoms. The molecule has 6 nitrogen and oxygen atoms in total. The number of piperidine rings is 1. The van der Waals surface area contributed by atoms with Crippen LogP contribution >= 0.6 is 11.6 Å². The Kier molecular flexibility index (Phi) is 8.28. The van der Waals surface area contributed by atoms with Crippen LogP contribution in [0, 0.1) is 28.9 Å². The Morgan fingerprint density at radius 3 is 2.68 bits per heavy atom. The van der Waals surface area contributed by atoms with Crippen molar-refractivity contribution in [2.45, 2.75) is 31.8 Å². The van der Waals surface area contributed by atoms with Gasteiger partial charge in [-0.15, -0.1) is 0 Å². The SMILES string of the molecule is COc1ccc2ncc(Cl)c([C@H](O)CCC3(C(=O)O)CCN(CC#Cc4ccc(F)cc4F)CC3)c2c1. The number of likely N-dealkylation sites (tertiary alicyclic amines) is 1. The van der Waals surface area contributed by atoms with Crippen LogP contribution < -0.4 is 4.74 Å². The fraction of sp³-hybridized carbons (Fsp3) is 0.357. The number of carboxylic acids is 1. The number of halogens is 3. The number of ether oxygens (including phenoxy) is 1. The van der Waals surface area contributed by atoms with Crippen LogP contribution in [0.1, 0.15) is 42.9 Å². The fourth-order valence-corrected chi connectivity index (χ4v) is 5.01. The number of methoxy groups -OCH3 is 1. The maximum atomic E-state index is 13.8. The van der Waals surface area contributed by atoms with Gasteiger partial charge >= 0.3 is 5.97 Å². The van der Waals surface area contributed by atoms with Crippen LogP contribution in [0.15, 0.2) is 42.6 Å². The lowest BCUT2D eigenvalue weighted by atomic mass is 9.74. The molecule has 2 aromatic carbocycles. The van der Waals surface area contributed by atoms with Crippen molar-refractivity contribution in [2.75, 3.05) is 26.7 Å². The van der Waals surface area contributed by atoms with Crippen LogP contribution in [0.2, 0.25) is 5.02 Å². The summed E-state index contributed by atoms with van der Waals surface area (Å²) in [7, 11) is 1.55. The zero-order chi connectivity index (χ0) is 26.6. The third-order valence-electron chi connectivity index (χ3n) is 7.02. The van der Waals surface area contributed by atoms with Gasteiger partial charge in [-0.25, -0.2) is 8.78 Å². The van der Waals surface area contributed by atoms with Gasteiger partial charge < -0.3 is 14.9 Å². The summed E-state index contributed by atoms with van der Waals surface area (Å²) < 4.78 is 32.1. The summed E-state index contributed by atoms with van der Waals surface area (Å²) >= 11 is 6.40. The Labute approximate surface area is 218 Å². The zero-order valence-corrected chi connectivity index (χ0v) is 21.1. The van der Waals surface area contributed by atoms with Gasteiger partial charge in [0.1, 0.15) is 17.4 Å². The Balaban J connectivity index is 1.41. The molecule has 0 aliphatic carbocycles. The Morgan fingerprint density at radius 1 is 1.24 bits per heavy atom. The van der Waals surface area contributed by atoms with Crippen LogP contribution in [0.5, 0.6) is 5.75 Å². The third kappa shape index (κ3) is 6.02. The van der Waals surface area contributed by atoms with Crippen molar-refractivity contribution in [3.8, 4) is 17.6 Å². The number of aliphatic carboxylic acids is 1. The van der Waals surface area contributed by atoms with Gasteiger partial charge in [0, 0.05) is 36.3 Å². The van der Waals surface area contributed by atoms with Crippen molar-refractivity contribution < 1.29 is 28.5 Å². The van der Waals surface area contributed by atoms with Crippen LogP contribution in [0.25, 0.3) is 10.9 Å². The molecule has 0 radical (unpaired) electrons. The minimum absolute atomic E-state index is 0.118. The van der Waals surface area contributed by atoms with E-state index in [0.717, 1.165) is 12.1 Å². The van der Waals surface area contributed by atoms with Gasteiger partial charge in [0.05, 0.1) is 41.3 Å². The minimum Gasteiger partial charge on any atom is -0.497 e. The van der Waals surface area contributed by atoms with Crippen molar-refractivity contribution in [3.05, 3.63) is 70.4 Å². The van der Waals surface area contributed by atoms with E-state index in [-0.39, 0.29) is 18.4 Å². The number of hydrogen-bond acceptors (Lipinski definition) is 5. The molecule has 1 atom stereocenters. The molecule has 1 saturated heterocycles. The lowest BCUT2D eigenvalue weighted by Crippen LogP contribution is -2.44. The number of pyridine rings is 1.